The molecule has 0 fully saturated rings. The Kier molecular flexibility index (Phi) is 5.39. The van der Waals surface area contributed by atoms with Gasteiger partial charge in [-0.05, 0) is 30.3 Å². The maximum Gasteiger partial charge on any atom is 0.417 e. The molecule has 0 saturated carbocycles. The van der Waals surface area contributed by atoms with Crippen LogP contribution in [0.5, 0.6) is 5.88 Å². The van der Waals surface area contributed by atoms with Gasteiger partial charge in [0.25, 0.3) is 5.91 Å². The van der Waals surface area contributed by atoms with Gasteiger partial charge in [0.1, 0.15) is 12.3 Å². The lowest BCUT2D eigenvalue weighted by Gasteiger charge is -2.12. The zero-order valence-electron chi connectivity index (χ0n) is 13.9. The fraction of sp³-hybridized carbons (Fsp3) is 0.167. The number of alkyl halides is 3. The molecule has 0 aliphatic carbocycles. The zero-order chi connectivity index (χ0) is 19.3. The lowest BCUT2D eigenvalue weighted by Crippen LogP contribution is -2.30. The van der Waals surface area contributed by atoms with Crippen molar-refractivity contribution in [2.75, 3.05) is 13.2 Å². The first-order valence-electron chi connectivity index (χ1n) is 7.90. The minimum atomic E-state index is -4.60. The molecule has 0 saturated heterocycles. The van der Waals surface area contributed by atoms with Gasteiger partial charge in [0.2, 0.25) is 5.88 Å². The molecule has 3 rings (SSSR count). The van der Waals surface area contributed by atoms with Crippen LogP contribution in [-0.4, -0.2) is 29.3 Å². The van der Waals surface area contributed by atoms with Crippen LogP contribution in [0.4, 0.5) is 13.2 Å². The number of halogens is 3. The van der Waals surface area contributed by atoms with E-state index in [1.807, 2.05) is 0 Å². The van der Waals surface area contributed by atoms with E-state index in [9.17, 15) is 18.0 Å². The van der Waals surface area contributed by atoms with Gasteiger partial charge in [-0.1, -0.05) is 12.1 Å². The second-order valence-electron chi connectivity index (χ2n) is 5.38. The highest BCUT2D eigenvalue weighted by molar-refractivity contribution is 5.95. The van der Waals surface area contributed by atoms with Gasteiger partial charge < -0.3 is 14.5 Å². The van der Waals surface area contributed by atoms with Gasteiger partial charge in [0, 0.05) is 6.07 Å². The third-order valence-electron chi connectivity index (χ3n) is 3.53. The normalized spacial score (nSPS) is 11.2. The summed E-state index contributed by atoms with van der Waals surface area (Å²) in [6, 6.07) is 11.3. The highest BCUT2D eigenvalue weighted by Gasteiger charge is 2.34. The van der Waals surface area contributed by atoms with Crippen LogP contribution in [0.25, 0.3) is 11.5 Å². The quantitative estimate of drug-likeness (QED) is 0.665. The number of aromatic nitrogens is 2. The highest BCUT2D eigenvalue weighted by atomic mass is 19.4. The summed E-state index contributed by atoms with van der Waals surface area (Å²) >= 11 is 0. The van der Waals surface area contributed by atoms with Gasteiger partial charge in [-0.25, -0.2) is 0 Å². The van der Waals surface area contributed by atoms with Crippen LogP contribution >= 0.6 is 0 Å². The fourth-order valence-corrected chi connectivity index (χ4v) is 2.30. The molecule has 140 valence electrons. The minimum absolute atomic E-state index is 0.00659. The summed E-state index contributed by atoms with van der Waals surface area (Å²) in [5, 5.41) is 10.2. The van der Waals surface area contributed by atoms with Crippen molar-refractivity contribution in [2.24, 2.45) is 0 Å². The first-order valence-corrected chi connectivity index (χ1v) is 7.90. The predicted octanol–water partition coefficient (Wildman–Crippen LogP) is 3.56. The smallest absolute Gasteiger partial charge is 0.417 e. The first kappa shape index (κ1) is 18.4. The van der Waals surface area contributed by atoms with Crippen molar-refractivity contribution in [2.45, 2.75) is 6.18 Å². The largest absolute Gasteiger partial charge is 0.475 e. The lowest BCUT2D eigenvalue weighted by molar-refractivity contribution is -0.137. The van der Waals surface area contributed by atoms with Gasteiger partial charge >= 0.3 is 6.18 Å². The van der Waals surface area contributed by atoms with Crippen molar-refractivity contribution < 1.29 is 27.1 Å². The van der Waals surface area contributed by atoms with E-state index < -0.39 is 23.2 Å². The number of hydrogen-bond donors (Lipinski definition) is 1. The molecule has 0 unspecified atom stereocenters. The Labute approximate surface area is 152 Å². The molecule has 9 heteroatoms. The summed E-state index contributed by atoms with van der Waals surface area (Å²) in [6.07, 6.45) is -3.09. The Morgan fingerprint density at radius 1 is 1.07 bits per heavy atom. The molecule has 27 heavy (non-hydrogen) atoms. The zero-order valence-corrected chi connectivity index (χ0v) is 13.9. The molecule has 0 aliphatic rings. The van der Waals surface area contributed by atoms with Crippen LogP contribution < -0.4 is 10.1 Å². The first-order chi connectivity index (χ1) is 12.9. The van der Waals surface area contributed by atoms with Crippen LogP contribution in [0.15, 0.2) is 59.2 Å². The molecule has 1 N–H and O–H groups in total. The summed E-state index contributed by atoms with van der Waals surface area (Å²) in [5.41, 5.74) is -0.889. The van der Waals surface area contributed by atoms with Gasteiger partial charge in [-0.2, -0.15) is 13.2 Å². The van der Waals surface area contributed by atoms with E-state index in [2.05, 4.69) is 15.5 Å². The van der Waals surface area contributed by atoms with Crippen molar-refractivity contribution in [1.82, 2.24) is 15.5 Å². The Morgan fingerprint density at radius 3 is 2.56 bits per heavy atom. The van der Waals surface area contributed by atoms with Crippen molar-refractivity contribution >= 4 is 5.91 Å². The molecule has 2 heterocycles. The van der Waals surface area contributed by atoms with Crippen molar-refractivity contribution in [1.29, 1.82) is 0 Å². The second-order valence-corrected chi connectivity index (χ2v) is 5.38. The van der Waals surface area contributed by atoms with Crippen molar-refractivity contribution in [3.8, 4) is 17.3 Å². The molecule has 0 aliphatic heterocycles. The Bertz CT molecular complexity index is 894. The lowest BCUT2D eigenvalue weighted by atomic mass is 10.1. The SMILES string of the molecule is O=C(NCCOc1ccc(-c2ccco2)nn1)c1ccccc1C(F)(F)F. The summed E-state index contributed by atoms with van der Waals surface area (Å²) in [6.45, 7) is 0.0291. The standard InChI is InChI=1S/C18H14F3N3O3/c19-18(20,21)13-5-2-1-4-12(13)17(25)22-9-11-27-16-8-7-14(23-24-16)15-6-3-10-26-15/h1-8,10H,9,11H2,(H,22,25). The number of nitrogens with one attached hydrogen (secondary N) is 1. The number of nitrogens with zero attached hydrogens (tertiary/aromatic N) is 2. The van der Waals surface area contributed by atoms with Crippen LogP contribution in [0.3, 0.4) is 0 Å². The number of furan rings is 1. The topological polar surface area (TPSA) is 77.2 Å². The molecule has 0 spiro atoms. The summed E-state index contributed by atoms with van der Waals surface area (Å²) in [5.74, 6) is -0.0503. The molecule has 3 aromatic rings. The predicted molar refractivity (Wildman–Crippen MR) is 89.0 cm³/mol. The summed E-state index contributed by atoms with van der Waals surface area (Å²) in [4.78, 5) is 12.0. The van der Waals surface area contributed by atoms with Crippen LogP contribution in [0, 0.1) is 0 Å². The third kappa shape index (κ3) is 4.63. The van der Waals surface area contributed by atoms with E-state index in [-0.39, 0.29) is 19.0 Å². The Morgan fingerprint density at radius 2 is 1.89 bits per heavy atom. The van der Waals surface area contributed by atoms with E-state index in [1.54, 1.807) is 24.3 Å². The van der Waals surface area contributed by atoms with Crippen molar-refractivity contribution in [3.63, 3.8) is 0 Å². The van der Waals surface area contributed by atoms with E-state index in [0.29, 0.717) is 11.5 Å². The molecular formula is C18H14F3N3O3. The molecule has 0 atom stereocenters. The summed E-state index contributed by atoms with van der Waals surface area (Å²) < 4.78 is 49.3. The summed E-state index contributed by atoms with van der Waals surface area (Å²) in [7, 11) is 0. The number of benzene rings is 1. The monoisotopic (exact) mass is 377 g/mol. The van der Waals surface area contributed by atoms with E-state index in [0.717, 1.165) is 12.1 Å². The number of amides is 1. The van der Waals surface area contributed by atoms with Crippen LogP contribution in [0.1, 0.15) is 15.9 Å². The number of ether oxygens (including phenoxy) is 1. The van der Waals surface area contributed by atoms with Gasteiger partial charge in [0.05, 0.1) is 23.9 Å². The maximum atomic E-state index is 12.9. The Balaban J connectivity index is 1.51. The van der Waals surface area contributed by atoms with Crippen molar-refractivity contribution in [3.05, 3.63) is 65.9 Å². The molecule has 6 nitrogen and oxygen atoms in total. The number of hydrogen-bond acceptors (Lipinski definition) is 5. The molecule has 1 amide bonds. The maximum absolute atomic E-state index is 12.9. The number of carbonyl (C=O) groups excluding carboxylic acids is 1. The fourth-order valence-electron chi connectivity index (χ4n) is 2.30. The minimum Gasteiger partial charge on any atom is -0.475 e. The average Bonchev–Trinajstić information content (AvgIpc) is 3.19. The van der Waals surface area contributed by atoms with E-state index in [4.69, 9.17) is 9.15 Å². The second kappa shape index (κ2) is 7.90. The van der Waals surface area contributed by atoms with Gasteiger partial charge in [-0.15, -0.1) is 10.2 Å². The number of rotatable bonds is 6. The molecule has 2 aromatic heterocycles. The highest BCUT2D eigenvalue weighted by Crippen LogP contribution is 2.31. The van der Waals surface area contributed by atoms with Gasteiger partial charge in [0.15, 0.2) is 5.76 Å². The Hall–Kier alpha value is -3.36. The molecule has 1 aromatic carbocycles. The third-order valence-corrected chi connectivity index (χ3v) is 3.53. The number of carbonyl (C=O) groups is 1. The van der Waals surface area contributed by atoms with Crippen LogP contribution in [-0.2, 0) is 6.18 Å². The van der Waals surface area contributed by atoms with E-state index in [1.165, 1.54) is 18.4 Å². The van der Waals surface area contributed by atoms with Crippen LogP contribution in [0.2, 0.25) is 0 Å². The molecular weight excluding hydrogens is 363 g/mol. The van der Waals surface area contributed by atoms with Gasteiger partial charge in [-0.3, -0.25) is 4.79 Å². The van der Waals surface area contributed by atoms with E-state index >= 15 is 0 Å². The molecule has 0 bridgehead atoms. The average molecular weight is 377 g/mol. The molecule has 0 radical (unpaired) electrons.